The van der Waals surface area contributed by atoms with E-state index in [0.717, 1.165) is 23.0 Å². The van der Waals surface area contributed by atoms with Crippen LogP contribution in [-0.2, 0) is 4.74 Å². The minimum atomic E-state index is -0.0339. The van der Waals surface area contributed by atoms with E-state index in [9.17, 15) is 4.79 Å². The van der Waals surface area contributed by atoms with Crippen LogP contribution < -0.4 is 10.6 Å². The summed E-state index contributed by atoms with van der Waals surface area (Å²) in [4.78, 5) is 17.8. The van der Waals surface area contributed by atoms with Crippen LogP contribution >= 0.6 is 23.1 Å². The van der Waals surface area contributed by atoms with Crippen LogP contribution in [0.3, 0.4) is 0 Å². The highest BCUT2D eigenvalue weighted by Crippen LogP contribution is 2.44. The van der Waals surface area contributed by atoms with Gasteiger partial charge in [0.15, 0.2) is 0 Å². The van der Waals surface area contributed by atoms with E-state index in [1.54, 1.807) is 30.8 Å². The van der Waals surface area contributed by atoms with E-state index in [0.29, 0.717) is 10.6 Å². The number of thiophene rings is 1. The summed E-state index contributed by atoms with van der Waals surface area (Å²) in [7, 11) is 3.50. The summed E-state index contributed by atoms with van der Waals surface area (Å²) in [6, 6.07) is 0. The predicted octanol–water partition coefficient (Wildman–Crippen LogP) is 2.37. The van der Waals surface area contributed by atoms with Crippen molar-refractivity contribution < 1.29 is 9.53 Å². The first-order chi connectivity index (χ1) is 9.85. The molecule has 5 nitrogen and oxygen atoms in total. The average Bonchev–Trinajstić information content (AvgIpc) is 2.73. The maximum Gasteiger partial charge on any atom is 0.265 e. The molecule has 1 saturated heterocycles. The summed E-state index contributed by atoms with van der Waals surface area (Å²) in [5.41, 5.74) is 6.82. The molecule has 2 atom stereocenters. The van der Waals surface area contributed by atoms with E-state index < -0.39 is 0 Å². The van der Waals surface area contributed by atoms with Crippen molar-refractivity contribution in [1.82, 2.24) is 4.90 Å². The van der Waals surface area contributed by atoms with Gasteiger partial charge in [0.2, 0.25) is 0 Å². The van der Waals surface area contributed by atoms with Gasteiger partial charge < -0.3 is 20.3 Å². The van der Waals surface area contributed by atoms with Gasteiger partial charge >= 0.3 is 0 Å². The monoisotopic (exact) mass is 329 g/mol. The van der Waals surface area contributed by atoms with Crippen LogP contribution in [0.25, 0.3) is 0 Å². The molecule has 0 saturated carbocycles. The van der Waals surface area contributed by atoms with Crippen molar-refractivity contribution in [2.45, 2.75) is 31.0 Å². The molecule has 7 heteroatoms. The lowest BCUT2D eigenvalue weighted by molar-refractivity contribution is -0.00513. The number of carbonyl (C=O) groups excluding carboxylic acids is 1. The molecule has 1 aliphatic rings. The quantitative estimate of drug-likeness (QED) is 0.863. The topological polar surface area (TPSA) is 58.8 Å². The molecule has 0 aromatic carbocycles. The van der Waals surface area contributed by atoms with Gasteiger partial charge in [-0.2, -0.15) is 0 Å². The lowest BCUT2D eigenvalue weighted by Crippen LogP contribution is -2.45. The Kier molecular flexibility index (Phi) is 5.06. The number of hydrogen-bond acceptors (Lipinski definition) is 6. The van der Waals surface area contributed by atoms with Gasteiger partial charge in [0.25, 0.3) is 5.91 Å². The van der Waals surface area contributed by atoms with Gasteiger partial charge in [-0.05, 0) is 20.1 Å². The van der Waals surface area contributed by atoms with Crippen molar-refractivity contribution in [3.05, 3.63) is 4.88 Å². The van der Waals surface area contributed by atoms with Crippen LogP contribution in [0.2, 0.25) is 0 Å². The highest BCUT2D eigenvalue weighted by molar-refractivity contribution is 7.99. The lowest BCUT2D eigenvalue weighted by atomic mass is 10.2. The molecule has 1 aromatic rings. The molecular formula is C14H23N3O2S2. The third-order valence-corrected chi connectivity index (χ3v) is 5.60. The minimum absolute atomic E-state index is 0.0339. The normalized spacial score (nSPS) is 22.4. The third-order valence-electron chi connectivity index (χ3n) is 3.39. The van der Waals surface area contributed by atoms with E-state index in [4.69, 9.17) is 10.5 Å². The molecule has 0 spiro atoms. The predicted molar refractivity (Wildman–Crippen MR) is 90.8 cm³/mol. The summed E-state index contributed by atoms with van der Waals surface area (Å²) in [6.45, 7) is 5.80. The number of amides is 1. The van der Waals surface area contributed by atoms with Gasteiger partial charge in [0.05, 0.1) is 22.8 Å². The maximum atomic E-state index is 12.3. The number of nitrogen functional groups attached to an aromatic ring is 1. The molecule has 0 aliphatic carbocycles. The Labute approximate surface area is 134 Å². The largest absolute Gasteiger partial charge is 0.396 e. The number of carbonyl (C=O) groups is 1. The lowest BCUT2D eigenvalue weighted by Gasteiger charge is -2.36. The zero-order chi connectivity index (χ0) is 15.7. The summed E-state index contributed by atoms with van der Waals surface area (Å²) >= 11 is 3.09. The second-order valence-electron chi connectivity index (χ2n) is 5.55. The first-order valence-electron chi connectivity index (χ1n) is 6.93. The Bertz CT molecular complexity index is 521. The van der Waals surface area contributed by atoms with Crippen molar-refractivity contribution in [2.75, 3.05) is 44.1 Å². The van der Waals surface area contributed by atoms with Crippen LogP contribution in [-0.4, -0.2) is 56.5 Å². The number of rotatable bonds is 3. The summed E-state index contributed by atoms with van der Waals surface area (Å²) in [5, 5.41) is 1.09. The van der Waals surface area contributed by atoms with E-state index >= 15 is 0 Å². The van der Waals surface area contributed by atoms with E-state index in [2.05, 4.69) is 18.7 Å². The number of thioether (sulfide) groups is 1. The van der Waals surface area contributed by atoms with Gasteiger partial charge in [-0.15, -0.1) is 23.1 Å². The highest BCUT2D eigenvalue weighted by atomic mass is 32.2. The van der Waals surface area contributed by atoms with Gasteiger partial charge in [-0.3, -0.25) is 4.79 Å². The number of morpholine rings is 1. The Hall–Kier alpha value is -0.920. The zero-order valence-electron chi connectivity index (χ0n) is 13.2. The molecule has 0 bridgehead atoms. The second-order valence-corrected chi connectivity index (χ2v) is 7.36. The fraction of sp³-hybridized carbons (Fsp3) is 0.643. The SMILES string of the molecule is CSc1c(N2CC(C)OC(C)C2)sc(C(=O)N(C)C)c1N. The van der Waals surface area contributed by atoms with Crippen LogP contribution in [0.5, 0.6) is 0 Å². The van der Waals surface area contributed by atoms with Crippen molar-refractivity contribution in [3.63, 3.8) is 0 Å². The van der Waals surface area contributed by atoms with Crippen LogP contribution in [0, 0.1) is 0 Å². The van der Waals surface area contributed by atoms with Gasteiger partial charge in [-0.25, -0.2) is 0 Å². The van der Waals surface area contributed by atoms with E-state index in [1.165, 1.54) is 11.3 Å². The highest BCUT2D eigenvalue weighted by Gasteiger charge is 2.29. The zero-order valence-corrected chi connectivity index (χ0v) is 14.8. The first-order valence-corrected chi connectivity index (χ1v) is 8.97. The minimum Gasteiger partial charge on any atom is -0.396 e. The fourth-order valence-corrected chi connectivity index (χ4v) is 4.75. The smallest absolute Gasteiger partial charge is 0.265 e. The Balaban J connectivity index is 2.39. The molecule has 0 radical (unpaired) electrons. The van der Waals surface area contributed by atoms with Crippen molar-refractivity contribution in [2.24, 2.45) is 0 Å². The fourth-order valence-electron chi connectivity index (χ4n) is 2.53. The van der Waals surface area contributed by atoms with Crippen LogP contribution in [0.4, 0.5) is 10.7 Å². The molecule has 1 aromatic heterocycles. The van der Waals surface area contributed by atoms with E-state index in [1.807, 2.05) is 6.26 Å². The molecule has 2 heterocycles. The van der Waals surface area contributed by atoms with Crippen LogP contribution in [0.15, 0.2) is 4.90 Å². The molecule has 1 fully saturated rings. The molecule has 1 aliphatic heterocycles. The Morgan fingerprint density at radius 3 is 2.43 bits per heavy atom. The Morgan fingerprint density at radius 1 is 1.38 bits per heavy atom. The summed E-state index contributed by atoms with van der Waals surface area (Å²) in [5.74, 6) is -0.0339. The number of hydrogen-bond donors (Lipinski definition) is 1. The van der Waals surface area contributed by atoms with Crippen LogP contribution in [0.1, 0.15) is 23.5 Å². The average molecular weight is 329 g/mol. The number of ether oxygens (including phenoxy) is 1. The molecule has 2 unspecified atom stereocenters. The second kappa shape index (κ2) is 6.46. The molecule has 2 rings (SSSR count). The van der Waals surface area contributed by atoms with Gasteiger partial charge in [0.1, 0.15) is 9.88 Å². The first kappa shape index (κ1) is 16.5. The van der Waals surface area contributed by atoms with E-state index in [-0.39, 0.29) is 18.1 Å². The van der Waals surface area contributed by atoms with Gasteiger partial charge in [-0.1, -0.05) is 0 Å². The molecule has 118 valence electrons. The molecule has 2 N–H and O–H groups in total. The third kappa shape index (κ3) is 3.30. The molecular weight excluding hydrogens is 306 g/mol. The number of nitrogens with two attached hydrogens (primary N) is 1. The molecule has 1 amide bonds. The number of anilines is 2. The number of nitrogens with zero attached hydrogens (tertiary/aromatic N) is 2. The summed E-state index contributed by atoms with van der Waals surface area (Å²) < 4.78 is 5.78. The summed E-state index contributed by atoms with van der Waals surface area (Å²) in [6.07, 6.45) is 2.36. The van der Waals surface area contributed by atoms with Crippen molar-refractivity contribution >= 4 is 39.7 Å². The van der Waals surface area contributed by atoms with Gasteiger partial charge in [0, 0.05) is 27.2 Å². The molecule has 21 heavy (non-hydrogen) atoms. The standard InChI is InChI=1S/C14H23N3O2S2/c1-8-6-17(7-9(2)19-8)14-12(20-5)10(15)11(21-14)13(18)16(3)4/h8-9H,6-7,15H2,1-5H3. The van der Waals surface area contributed by atoms with Crippen molar-refractivity contribution in [3.8, 4) is 0 Å². The Morgan fingerprint density at radius 2 is 1.95 bits per heavy atom. The maximum absolute atomic E-state index is 12.3. The van der Waals surface area contributed by atoms with Crippen molar-refractivity contribution in [1.29, 1.82) is 0 Å².